The Kier molecular flexibility index (Phi) is 7.63. The van der Waals surface area contributed by atoms with Gasteiger partial charge in [-0.05, 0) is 12.5 Å². The van der Waals surface area contributed by atoms with Gasteiger partial charge in [0.15, 0.2) is 6.61 Å². The van der Waals surface area contributed by atoms with E-state index in [0.29, 0.717) is 6.61 Å². The van der Waals surface area contributed by atoms with E-state index in [1.807, 2.05) is 36.5 Å². The molecule has 0 unspecified atom stereocenters. The molecule has 1 rings (SSSR count). The van der Waals surface area contributed by atoms with Crippen LogP contribution in [0, 0.1) is 6.92 Å². The van der Waals surface area contributed by atoms with E-state index in [9.17, 15) is 14.4 Å². The Hall–Kier alpha value is -2.41. The smallest absolute Gasteiger partial charge is 0.321 e. The zero-order chi connectivity index (χ0) is 16.4. The van der Waals surface area contributed by atoms with Crippen molar-refractivity contribution < 1.29 is 23.9 Å². The third-order valence-corrected chi connectivity index (χ3v) is 2.68. The first kappa shape index (κ1) is 17.6. The molecule has 2 N–H and O–H groups in total. The van der Waals surface area contributed by atoms with E-state index in [4.69, 9.17) is 9.47 Å². The molecule has 1 aromatic rings. The summed E-state index contributed by atoms with van der Waals surface area (Å²) in [4.78, 5) is 34.2. The predicted octanol–water partition coefficient (Wildman–Crippen LogP) is 0.553. The summed E-state index contributed by atoms with van der Waals surface area (Å²) in [5.74, 6) is -1.22. The van der Waals surface area contributed by atoms with Crippen molar-refractivity contribution in [2.75, 3.05) is 26.9 Å². The number of carbonyl (C=O) groups excluding carboxylic acids is 3. The summed E-state index contributed by atoms with van der Waals surface area (Å²) in [7, 11) is 1.50. The molecule has 0 fully saturated rings. The summed E-state index contributed by atoms with van der Waals surface area (Å²) >= 11 is 0. The number of hydrogen-bond acceptors (Lipinski definition) is 5. The second kappa shape index (κ2) is 9.51. The first-order chi connectivity index (χ1) is 10.5. The SMILES string of the molecule is COCCNC(=O)NC(=O)COC(=O)Cc1ccc(C)cc1. The van der Waals surface area contributed by atoms with Gasteiger partial charge < -0.3 is 14.8 Å². The van der Waals surface area contributed by atoms with Gasteiger partial charge in [0.05, 0.1) is 13.0 Å². The van der Waals surface area contributed by atoms with Crippen molar-refractivity contribution in [3.05, 3.63) is 35.4 Å². The van der Waals surface area contributed by atoms with Crippen LogP contribution in [0.15, 0.2) is 24.3 Å². The number of hydrogen-bond donors (Lipinski definition) is 2. The number of urea groups is 1. The highest BCUT2D eigenvalue weighted by Crippen LogP contribution is 2.04. The Balaban J connectivity index is 2.24. The number of ether oxygens (including phenoxy) is 2. The van der Waals surface area contributed by atoms with Gasteiger partial charge in [-0.1, -0.05) is 29.8 Å². The van der Waals surface area contributed by atoms with Gasteiger partial charge in [0.1, 0.15) is 0 Å². The molecule has 0 aliphatic carbocycles. The molecule has 0 radical (unpaired) electrons. The Morgan fingerprint density at radius 3 is 2.45 bits per heavy atom. The molecular weight excluding hydrogens is 288 g/mol. The standard InChI is InChI=1S/C15H20N2O5/c1-11-3-5-12(6-4-11)9-14(19)22-10-13(18)17-15(20)16-7-8-21-2/h3-6H,7-10H2,1-2H3,(H2,16,17,18,20). The van der Waals surface area contributed by atoms with Crippen LogP contribution in [0.3, 0.4) is 0 Å². The highest BCUT2D eigenvalue weighted by atomic mass is 16.5. The summed E-state index contributed by atoms with van der Waals surface area (Å²) in [6.45, 7) is 2.07. The molecule has 0 saturated heterocycles. The van der Waals surface area contributed by atoms with Crippen LogP contribution in [0.25, 0.3) is 0 Å². The minimum atomic E-state index is -0.688. The topological polar surface area (TPSA) is 93.7 Å². The lowest BCUT2D eigenvalue weighted by Gasteiger charge is -2.07. The van der Waals surface area contributed by atoms with Gasteiger partial charge in [-0.25, -0.2) is 4.79 Å². The van der Waals surface area contributed by atoms with Crippen LogP contribution >= 0.6 is 0 Å². The van der Waals surface area contributed by atoms with Gasteiger partial charge in [-0.3, -0.25) is 14.9 Å². The van der Waals surface area contributed by atoms with Crippen molar-refractivity contribution in [2.45, 2.75) is 13.3 Å². The van der Waals surface area contributed by atoms with E-state index < -0.39 is 24.5 Å². The van der Waals surface area contributed by atoms with Crippen LogP contribution in [0.1, 0.15) is 11.1 Å². The van der Waals surface area contributed by atoms with Crippen LogP contribution in [0.5, 0.6) is 0 Å². The minimum Gasteiger partial charge on any atom is -0.455 e. The van der Waals surface area contributed by atoms with Crippen molar-refractivity contribution in [2.24, 2.45) is 0 Å². The van der Waals surface area contributed by atoms with E-state index in [0.717, 1.165) is 11.1 Å². The van der Waals surface area contributed by atoms with Crippen LogP contribution in [0.2, 0.25) is 0 Å². The highest BCUT2D eigenvalue weighted by molar-refractivity contribution is 5.95. The first-order valence-electron chi connectivity index (χ1n) is 6.79. The van der Waals surface area contributed by atoms with Crippen LogP contribution in [-0.2, 0) is 25.5 Å². The summed E-state index contributed by atoms with van der Waals surface area (Å²) in [5.41, 5.74) is 1.89. The summed E-state index contributed by atoms with van der Waals surface area (Å²) < 4.78 is 9.55. The number of benzene rings is 1. The molecule has 22 heavy (non-hydrogen) atoms. The van der Waals surface area contributed by atoms with Gasteiger partial charge in [0.25, 0.3) is 5.91 Å². The molecule has 0 saturated carbocycles. The summed E-state index contributed by atoms with van der Waals surface area (Å²) in [6.07, 6.45) is 0.0770. The van der Waals surface area contributed by atoms with Gasteiger partial charge in [0, 0.05) is 13.7 Å². The second-order valence-corrected chi connectivity index (χ2v) is 4.62. The maximum absolute atomic E-state index is 11.6. The number of esters is 1. The van der Waals surface area contributed by atoms with Crippen LogP contribution in [0.4, 0.5) is 4.79 Å². The van der Waals surface area contributed by atoms with E-state index in [1.54, 1.807) is 0 Å². The van der Waals surface area contributed by atoms with E-state index in [-0.39, 0.29) is 13.0 Å². The normalized spacial score (nSPS) is 9.91. The molecule has 0 heterocycles. The fourth-order valence-electron chi connectivity index (χ4n) is 1.54. The molecule has 120 valence electrons. The predicted molar refractivity (Wildman–Crippen MR) is 79.3 cm³/mol. The Labute approximate surface area is 129 Å². The fraction of sp³-hybridized carbons (Fsp3) is 0.400. The van der Waals surface area contributed by atoms with Gasteiger partial charge in [0.2, 0.25) is 0 Å². The number of imide groups is 1. The van der Waals surface area contributed by atoms with Gasteiger partial charge >= 0.3 is 12.0 Å². The molecule has 7 heteroatoms. The maximum atomic E-state index is 11.6. The zero-order valence-corrected chi connectivity index (χ0v) is 12.7. The molecule has 1 aromatic carbocycles. The van der Waals surface area contributed by atoms with Crippen molar-refractivity contribution >= 4 is 17.9 Å². The van der Waals surface area contributed by atoms with Crippen molar-refractivity contribution in [1.82, 2.24) is 10.6 Å². The number of aryl methyl sites for hydroxylation is 1. The van der Waals surface area contributed by atoms with Crippen LogP contribution in [-0.4, -0.2) is 44.8 Å². The minimum absolute atomic E-state index is 0.0770. The van der Waals surface area contributed by atoms with Crippen molar-refractivity contribution in [1.29, 1.82) is 0 Å². The molecule has 3 amide bonds. The number of nitrogens with one attached hydrogen (secondary N) is 2. The van der Waals surface area contributed by atoms with E-state index in [2.05, 4.69) is 5.32 Å². The highest BCUT2D eigenvalue weighted by Gasteiger charge is 2.11. The molecule has 0 atom stereocenters. The summed E-state index contributed by atoms with van der Waals surface area (Å²) in [5, 5.41) is 4.45. The number of amides is 3. The molecule has 0 aliphatic rings. The van der Waals surface area contributed by atoms with E-state index >= 15 is 0 Å². The Morgan fingerprint density at radius 1 is 1.14 bits per heavy atom. The van der Waals surface area contributed by atoms with Crippen molar-refractivity contribution in [3.8, 4) is 0 Å². The van der Waals surface area contributed by atoms with Crippen molar-refractivity contribution in [3.63, 3.8) is 0 Å². The maximum Gasteiger partial charge on any atom is 0.321 e. The Bertz CT molecular complexity index is 513. The average Bonchev–Trinajstić information content (AvgIpc) is 2.48. The number of methoxy groups -OCH3 is 1. The third-order valence-electron chi connectivity index (χ3n) is 2.68. The van der Waals surface area contributed by atoms with Crippen LogP contribution < -0.4 is 10.6 Å². The lowest BCUT2D eigenvalue weighted by molar-refractivity contribution is -0.147. The summed E-state index contributed by atoms with van der Waals surface area (Å²) in [6, 6.07) is 6.76. The average molecular weight is 308 g/mol. The molecule has 7 nitrogen and oxygen atoms in total. The molecule has 0 aliphatic heterocycles. The monoisotopic (exact) mass is 308 g/mol. The fourth-order valence-corrected chi connectivity index (χ4v) is 1.54. The first-order valence-corrected chi connectivity index (χ1v) is 6.79. The van der Waals surface area contributed by atoms with Gasteiger partial charge in [-0.2, -0.15) is 0 Å². The lowest BCUT2D eigenvalue weighted by atomic mass is 10.1. The largest absolute Gasteiger partial charge is 0.455 e. The quantitative estimate of drug-likeness (QED) is 0.567. The molecule has 0 spiro atoms. The number of carbonyl (C=O) groups is 3. The molecule has 0 bridgehead atoms. The van der Waals surface area contributed by atoms with E-state index in [1.165, 1.54) is 7.11 Å². The van der Waals surface area contributed by atoms with Gasteiger partial charge in [-0.15, -0.1) is 0 Å². The second-order valence-electron chi connectivity index (χ2n) is 4.62. The number of rotatable bonds is 7. The lowest BCUT2D eigenvalue weighted by Crippen LogP contribution is -2.42. The Morgan fingerprint density at radius 2 is 1.82 bits per heavy atom. The molecular formula is C15H20N2O5. The third kappa shape index (κ3) is 7.39. The molecule has 0 aromatic heterocycles. The zero-order valence-electron chi connectivity index (χ0n) is 12.7.